The molecule has 0 aliphatic heterocycles. The Balaban J connectivity index is 2.64. The third-order valence-corrected chi connectivity index (χ3v) is 1.55. The largest absolute Gasteiger partial charge is 0.478 e. The highest BCUT2D eigenvalue weighted by Gasteiger charge is 2.08. The summed E-state index contributed by atoms with van der Waals surface area (Å²) >= 11 is 0. The quantitative estimate of drug-likeness (QED) is 0.803. The van der Waals surface area contributed by atoms with E-state index < -0.39 is 0 Å². The van der Waals surface area contributed by atoms with Gasteiger partial charge in [0.15, 0.2) is 0 Å². The van der Waals surface area contributed by atoms with E-state index in [0.717, 1.165) is 5.69 Å². The van der Waals surface area contributed by atoms with E-state index in [4.69, 9.17) is 4.74 Å². The van der Waals surface area contributed by atoms with Crippen LogP contribution in [0.1, 0.15) is 27.7 Å². The lowest BCUT2D eigenvalue weighted by molar-refractivity contribution is 0.327. The van der Waals surface area contributed by atoms with Crippen LogP contribution in [0.5, 0.6) is 5.88 Å². The lowest BCUT2D eigenvalue weighted by Crippen LogP contribution is -2.26. The van der Waals surface area contributed by atoms with Gasteiger partial charge in [0.05, 0.1) is 18.5 Å². The molecule has 3 nitrogen and oxygen atoms in total. The van der Waals surface area contributed by atoms with Crippen molar-refractivity contribution in [1.82, 2.24) is 4.98 Å². The molecule has 1 rings (SSSR count). The van der Waals surface area contributed by atoms with Gasteiger partial charge < -0.3 is 10.1 Å². The average molecular weight is 194 g/mol. The van der Waals surface area contributed by atoms with E-state index in [9.17, 15) is 0 Å². The van der Waals surface area contributed by atoms with Crippen LogP contribution >= 0.6 is 0 Å². The van der Waals surface area contributed by atoms with Crippen LogP contribution in [-0.2, 0) is 0 Å². The fraction of sp³-hybridized carbons (Fsp3) is 0.545. The highest BCUT2D eigenvalue weighted by Crippen LogP contribution is 2.15. The van der Waals surface area contributed by atoms with Crippen LogP contribution in [-0.4, -0.2) is 17.1 Å². The Hall–Kier alpha value is -1.25. The first-order chi connectivity index (χ1) is 6.51. The Morgan fingerprint density at radius 3 is 2.50 bits per heavy atom. The first-order valence-electron chi connectivity index (χ1n) is 4.88. The molecule has 0 bridgehead atoms. The summed E-state index contributed by atoms with van der Waals surface area (Å²) in [7, 11) is 0. The van der Waals surface area contributed by atoms with E-state index in [2.05, 4.69) is 31.1 Å². The normalized spacial score (nSPS) is 11.1. The van der Waals surface area contributed by atoms with Crippen LogP contribution in [0.25, 0.3) is 0 Å². The molecule has 1 heterocycles. The summed E-state index contributed by atoms with van der Waals surface area (Å²) in [5, 5.41) is 3.33. The predicted octanol–water partition coefficient (Wildman–Crippen LogP) is 2.69. The van der Waals surface area contributed by atoms with Crippen LogP contribution in [0.15, 0.2) is 18.3 Å². The predicted molar refractivity (Wildman–Crippen MR) is 58.8 cm³/mol. The molecule has 0 unspecified atom stereocenters. The molecular formula is C11H18N2O. The second-order valence-corrected chi connectivity index (χ2v) is 4.19. The Morgan fingerprint density at radius 1 is 1.36 bits per heavy atom. The molecule has 0 amide bonds. The molecule has 1 N–H and O–H groups in total. The van der Waals surface area contributed by atoms with Crippen molar-refractivity contribution in [3.05, 3.63) is 18.3 Å². The summed E-state index contributed by atoms with van der Waals surface area (Å²) in [6.07, 6.45) is 1.79. The van der Waals surface area contributed by atoms with E-state index in [0.29, 0.717) is 12.5 Å². The Kier molecular flexibility index (Phi) is 3.33. The van der Waals surface area contributed by atoms with Crippen molar-refractivity contribution in [3.8, 4) is 5.88 Å². The summed E-state index contributed by atoms with van der Waals surface area (Å²) in [6.45, 7) is 8.94. The van der Waals surface area contributed by atoms with Gasteiger partial charge in [-0.3, -0.25) is 0 Å². The highest BCUT2D eigenvalue weighted by molar-refractivity contribution is 5.43. The first kappa shape index (κ1) is 10.8. The molecule has 0 aromatic carbocycles. The van der Waals surface area contributed by atoms with Crippen LogP contribution in [0.4, 0.5) is 5.69 Å². The maximum absolute atomic E-state index is 5.25. The van der Waals surface area contributed by atoms with Gasteiger partial charge in [-0.05, 0) is 33.8 Å². The van der Waals surface area contributed by atoms with E-state index >= 15 is 0 Å². The van der Waals surface area contributed by atoms with Crippen molar-refractivity contribution in [3.63, 3.8) is 0 Å². The molecular weight excluding hydrogens is 176 g/mol. The number of rotatable bonds is 3. The number of ether oxygens (including phenoxy) is 1. The number of pyridine rings is 1. The van der Waals surface area contributed by atoms with Crippen molar-refractivity contribution in [2.24, 2.45) is 0 Å². The van der Waals surface area contributed by atoms with Crippen LogP contribution in [0.3, 0.4) is 0 Å². The second-order valence-electron chi connectivity index (χ2n) is 4.19. The molecule has 0 aliphatic rings. The van der Waals surface area contributed by atoms with Gasteiger partial charge in [0.25, 0.3) is 0 Å². The fourth-order valence-corrected chi connectivity index (χ4v) is 1.12. The van der Waals surface area contributed by atoms with Crippen LogP contribution in [0, 0.1) is 0 Å². The number of nitrogens with zero attached hydrogens (tertiary/aromatic N) is 1. The van der Waals surface area contributed by atoms with Gasteiger partial charge in [-0.1, -0.05) is 0 Å². The van der Waals surface area contributed by atoms with Gasteiger partial charge in [-0.25, -0.2) is 4.98 Å². The summed E-state index contributed by atoms with van der Waals surface area (Å²) in [6, 6.07) is 3.85. The fourth-order valence-electron chi connectivity index (χ4n) is 1.12. The molecule has 0 radical (unpaired) electrons. The number of hydrogen-bond donors (Lipinski definition) is 1. The van der Waals surface area contributed by atoms with Gasteiger partial charge in [-0.15, -0.1) is 0 Å². The van der Waals surface area contributed by atoms with Crippen LogP contribution < -0.4 is 10.1 Å². The monoisotopic (exact) mass is 194 g/mol. The molecule has 1 aromatic heterocycles. The summed E-state index contributed by atoms with van der Waals surface area (Å²) < 4.78 is 5.25. The molecule has 14 heavy (non-hydrogen) atoms. The number of hydrogen-bond acceptors (Lipinski definition) is 3. The summed E-state index contributed by atoms with van der Waals surface area (Å²) in [5.74, 6) is 0.673. The number of aromatic nitrogens is 1. The third-order valence-electron chi connectivity index (χ3n) is 1.55. The summed E-state index contributed by atoms with van der Waals surface area (Å²) in [5.41, 5.74) is 1.08. The van der Waals surface area contributed by atoms with Crippen LogP contribution in [0.2, 0.25) is 0 Å². The minimum Gasteiger partial charge on any atom is -0.478 e. The van der Waals surface area contributed by atoms with Crippen molar-refractivity contribution in [2.45, 2.75) is 33.2 Å². The molecule has 78 valence electrons. The van der Waals surface area contributed by atoms with Crippen molar-refractivity contribution in [1.29, 1.82) is 0 Å². The zero-order valence-electron chi connectivity index (χ0n) is 9.29. The molecule has 0 spiro atoms. The van der Waals surface area contributed by atoms with E-state index in [1.54, 1.807) is 6.20 Å². The van der Waals surface area contributed by atoms with E-state index in [1.165, 1.54) is 0 Å². The van der Waals surface area contributed by atoms with Crippen molar-refractivity contribution < 1.29 is 4.74 Å². The van der Waals surface area contributed by atoms with E-state index in [-0.39, 0.29) is 5.54 Å². The molecule has 0 atom stereocenters. The molecule has 0 aliphatic carbocycles. The minimum atomic E-state index is 0.0643. The lowest BCUT2D eigenvalue weighted by Gasteiger charge is -2.21. The van der Waals surface area contributed by atoms with Gasteiger partial charge in [0, 0.05) is 11.6 Å². The Labute approximate surface area is 85.5 Å². The zero-order chi connectivity index (χ0) is 10.6. The molecule has 1 aromatic rings. The third kappa shape index (κ3) is 3.64. The van der Waals surface area contributed by atoms with Crippen molar-refractivity contribution in [2.75, 3.05) is 11.9 Å². The molecule has 0 fully saturated rings. The maximum Gasteiger partial charge on any atom is 0.213 e. The van der Waals surface area contributed by atoms with Gasteiger partial charge in [-0.2, -0.15) is 0 Å². The zero-order valence-corrected chi connectivity index (χ0v) is 9.29. The average Bonchev–Trinajstić information content (AvgIpc) is 2.06. The number of nitrogens with one attached hydrogen (secondary N) is 1. The second kappa shape index (κ2) is 4.31. The van der Waals surface area contributed by atoms with Gasteiger partial charge >= 0.3 is 0 Å². The number of anilines is 1. The maximum atomic E-state index is 5.25. The Morgan fingerprint density at radius 2 is 2.07 bits per heavy atom. The topological polar surface area (TPSA) is 34.1 Å². The van der Waals surface area contributed by atoms with Crippen molar-refractivity contribution >= 4 is 5.69 Å². The molecule has 3 heteroatoms. The van der Waals surface area contributed by atoms with E-state index in [1.807, 2.05) is 19.1 Å². The smallest absolute Gasteiger partial charge is 0.213 e. The molecule has 0 saturated carbocycles. The Bertz CT molecular complexity index is 274. The lowest BCUT2D eigenvalue weighted by atomic mass is 10.1. The van der Waals surface area contributed by atoms with Gasteiger partial charge in [0.1, 0.15) is 0 Å². The van der Waals surface area contributed by atoms with Gasteiger partial charge in [0.2, 0.25) is 5.88 Å². The highest BCUT2D eigenvalue weighted by atomic mass is 16.5. The SMILES string of the molecule is CCOc1ccc(NC(C)(C)C)cn1. The first-order valence-corrected chi connectivity index (χ1v) is 4.88. The minimum absolute atomic E-state index is 0.0643. The standard InChI is InChI=1S/C11H18N2O/c1-5-14-10-7-6-9(8-12-10)13-11(2,3)4/h6-8,13H,5H2,1-4H3. The summed E-state index contributed by atoms with van der Waals surface area (Å²) in [4.78, 5) is 4.17. The molecule has 0 saturated heterocycles.